The Labute approximate surface area is 173 Å². The molecule has 0 fully saturated rings. The zero-order valence-electron chi connectivity index (χ0n) is 17.2. The van der Waals surface area contributed by atoms with Gasteiger partial charge in [0.2, 0.25) is 0 Å². The molecule has 29 heavy (non-hydrogen) atoms. The maximum atomic E-state index is 12.6. The van der Waals surface area contributed by atoms with Crippen LogP contribution in [0.4, 0.5) is 0 Å². The molecule has 0 aliphatic heterocycles. The third kappa shape index (κ3) is 5.03. The first kappa shape index (κ1) is 21.0. The molecule has 0 bridgehead atoms. The van der Waals surface area contributed by atoms with Gasteiger partial charge in [0.15, 0.2) is 6.61 Å². The second-order valence-electron chi connectivity index (χ2n) is 7.26. The van der Waals surface area contributed by atoms with Crippen LogP contribution < -0.4 is 10.3 Å². The van der Waals surface area contributed by atoms with Crippen molar-refractivity contribution in [1.29, 1.82) is 0 Å². The topological polar surface area (TPSA) is 81.3 Å². The number of hydrogen-bond donors (Lipinski definition) is 1. The number of aryl methyl sites for hydroxylation is 2. The second kappa shape index (κ2) is 9.22. The van der Waals surface area contributed by atoms with Gasteiger partial charge >= 0.3 is 5.97 Å². The molecule has 6 nitrogen and oxygen atoms in total. The number of hydrogen-bond acceptors (Lipinski definition) is 6. The minimum Gasteiger partial charge on any atom is -0.482 e. The Bertz CT molecular complexity index is 1070. The fourth-order valence-corrected chi connectivity index (χ4v) is 4.14. The summed E-state index contributed by atoms with van der Waals surface area (Å²) >= 11 is 1.51. The highest BCUT2D eigenvalue weighted by Crippen LogP contribution is 2.29. The quantitative estimate of drug-likeness (QED) is 0.556. The van der Waals surface area contributed by atoms with E-state index in [-0.39, 0.29) is 18.8 Å². The van der Waals surface area contributed by atoms with Crippen molar-refractivity contribution >= 4 is 27.5 Å². The normalized spacial score (nSPS) is 12.1. The minimum absolute atomic E-state index is 0.0984. The molecule has 0 radical (unpaired) electrons. The molecule has 154 valence electrons. The van der Waals surface area contributed by atoms with Crippen molar-refractivity contribution in [3.05, 3.63) is 56.4 Å². The zero-order valence-corrected chi connectivity index (χ0v) is 18.0. The van der Waals surface area contributed by atoms with Crippen LogP contribution in [0.15, 0.2) is 29.1 Å². The van der Waals surface area contributed by atoms with E-state index in [0.717, 1.165) is 28.8 Å². The van der Waals surface area contributed by atoms with E-state index in [1.807, 2.05) is 32.0 Å². The number of aromatic nitrogens is 2. The van der Waals surface area contributed by atoms with E-state index in [1.165, 1.54) is 11.3 Å². The van der Waals surface area contributed by atoms with Crippen LogP contribution in [0, 0.1) is 19.8 Å². The fourth-order valence-electron chi connectivity index (χ4n) is 3.07. The molecular weight excluding hydrogens is 388 g/mol. The molecule has 0 saturated heterocycles. The van der Waals surface area contributed by atoms with Crippen molar-refractivity contribution in [3.8, 4) is 5.75 Å². The molecule has 1 atom stereocenters. The van der Waals surface area contributed by atoms with E-state index in [9.17, 15) is 9.59 Å². The molecule has 0 aliphatic carbocycles. The summed E-state index contributed by atoms with van der Waals surface area (Å²) in [5.74, 6) is 0.957. The fraction of sp³-hybridized carbons (Fsp3) is 0.409. The third-order valence-electron chi connectivity index (χ3n) is 4.97. The van der Waals surface area contributed by atoms with E-state index < -0.39 is 5.97 Å². The van der Waals surface area contributed by atoms with Crippen LogP contribution >= 0.6 is 11.3 Å². The largest absolute Gasteiger partial charge is 0.482 e. The highest BCUT2D eigenvalue weighted by Gasteiger charge is 2.17. The Kier molecular flexibility index (Phi) is 6.69. The molecule has 3 aromatic rings. The average molecular weight is 415 g/mol. The summed E-state index contributed by atoms with van der Waals surface area (Å²) in [6, 6.07) is 7.45. The minimum atomic E-state index is -0.518. The molecule has 0 aliphatic rings. The summed E-state index contributed by atoms with van der Waals surface area (Å²) in [6.45, 7) is 7.95. The Morgan fingerprint density at radius 2 is 2.03 bits per heavy atom. The van der Waals surface area contributed by atoms with Crippen molar-refractivity contribution in [2.45, 2.75) is 47.1 Å². The lowest BCUT2D eigenvalue weighted by Crippen LogP contribution is -2.18. The zero-order chi connectivity index (χ0) is 21.0. The number of thiophene rings is 1. The van der Waals surface area contributed by atoms with E-state index in [0.29, 0.717) is 27.7 Å². The highest BCUT2D eigenvalue weighted by molar-refractivity contribution is 7.18. The number of fused-ring (bicyclic) bond motifs is 1. The number of nitrogens with zero attached hydrogens (tertiary/aromatic N) is 1. The summed E-state index contributed by atoms with van der Waals surface area (Å²) in [4.78, 5) is 33.7. The standard InChI is InChI=1S/C22H26N2O4S/c1-5-13(2)10-16-15(4)29-22-20(16)21(26)23-18(24-22)11-28-19(25)12-27-17-9-7-6-8-14(17)3/h6-9,13H,5,10-12H2,1-4H3,(H,23,24,26)/t13-/m0/s1. The van der Waals surface area contributed by atoms with Gasteiger partial charge in [0.05, 0.1) is 5.39 Å². The van der Waals surface area contributed by atoms with E-state index in [2.05, 4.69) is 23.8 Å². The van der Waals surface area contributed by atoms with Crippen LogP contribution in [0.3, 0.4) is 0 Å². The first-order valence-corrected chi connectivity index (χ1v) is 10.6. The van der Waals surface area contributed by atoms with Gasteiger partial charge in [0, 0.05) is 4.88 Å². The van der Waals surface area contributed by atoms with Crippen molar-refractivity contribution < 1.29 is 14.3 Å². The van der Waals surface area contributed by atoms with Gasteiger partial charge in [-0.2, -0.15) is 0 Å². The van der Waals surface area contributed by atoms with Crippen LogP contribution in [0.25, 0.3) is 10.2 Å². The summed E-state index contributed by atoms with van der Waals surface area (Å²) in [6.07, 6.45) is 1.92. The van der Waals surface area contributed by atoms with Gasteiger partial charge in [-0.15, -0.1) is 11.3 Å². The number of carbonyl (C=O) groups excluding carboxylic acids is 1. The van der Waals surface area contributed by atoms with Crippen molar-refractivity contribution in [3.63, 3.8) is 0 Å². The van der Waals surface area contributed by atoms with Crippen LogP contribution in [-0.2, 0) is 22.6 Å². The number of carbonyl (C=O) groups is 1. The van der Waals surface area contributed by atoms with Gasteiger partial charge in [-0.1, -0.05) is 38.5 Å². The van der Waals surface area contributed by atoms with E-state index in [4.69, 9.17) is 9.47 Å². The molecule has 0 amide bonds. The maximum Gasteiger partial charge on any atom is 0.344 e. The molecule has 7 heteroatoms. The number of benzene rings is 1. The predicted molar refractivity (Wildman–Crippen MR) is 115 cm³/mol. The number of esters is 1. The molecule has 2 heterocycles. The molecule has 0 unspecified atom stereocenters. The number of ether oxygens (including phenoxy) is 2. The van der Waals surface area contributed by atoms with E-state index in [1.54, 1.807) is 6.07 Å². The summed E-state index contributed by atoms with van der Waals surface area (Å²) in [5, 5.41) is 0.658. The number of rotatable bonds is 8. The number of nitrogens with one attached hydrogen (secondary N) is 1. The molecule has 1 N–H and O–H groups in total. The lowest BCUT2D eigenvalue weighted by molar-refractivity contribution is -0.147. The number of para-hydroxylation sites is 1. The van der Waals surface area contributed by atoms with Gasteiger partial charge in [-0.05, 0) is 43.4 Å². The van der Waals surface area contributed by atoms with E-state index >= 15 is 0 Å². The van der Waals surface area contributed by atoms with Crippen molar-refractivity contribution in [1.82, 2.24) is 9.97 Å². The monoisotopic (exact) mass is 414 g/mol. The van der Waals surface area contributed by atoms with Gasteiger partial charge in [0.1, 0.15) is 23.0 Å². The number of H-pyrrole nitrogens is 1. The summed E-state index contributed by atoms with van der Waals surface area (Å²) in [5.41, 5.74) is 1.83. The maximum absolute atomic E-state index is 12.6. The van der Waals surface area contributed by atoms with Crippen molar-refractivity contribution in [2.75, 3.05) is 6.61 Å². The Morgan fingerprint density at radius 3 is 2.76 bits per heavy atom. The lowest BCUT2D eigenvalue weighted by Gasteiger charge is -2.09. The molecule has 3 rings (SSSR count). The Balaban J connectivity index is 1.67. The molecule has 0 saturated carbocycles. The van der Waals surface area contributed by atoms with Gasteiger partial charge < -0.3 is 14.5 Å². The highest BCUT2D eigenvalue weighted by atomic mass is 32.1. The van der Waals surface area contributed by atoms with Gasteiger partial charge in [-0.25, -0.2) is 9.78 Å². The Morgan fingerprint density at radius 1 is 1.28 bits per heavy atom. The molecular formula is C22H26N2O4S. The summed E-state index contributed by atoms with van der Waals surface area (Å²) < 4.78 is 10.7. The van der Waals surface area contributed by atoms with Crippen LogP contribution in [0.1, 0.15) is 42.1 Å². The lowest BCUT2D eigenvalue weighted by atomic mass is 9.98. The van der Waals surface area contributed by atoms with Gasteiger partial charge in [0.25, 0.3) is 5.56 Å². The molecule has 1 aromatic carbocycles. The first-order chi connectivity index (χ1) is 13.9. The first-order valence-electron chi connectivity index (χ1n) is 9.74. The van der Waals surface area contributed by atoms with Crippen LogP contribution in [-0.4, -0.2) is 22.5 Å². The van der Waals surface area contributed by atoms with Crippen LogP contribution in [0.5, 0.6) is 5.75 Å². The summed E-state index contributed by atoms with van der Waals surface area (Å²) in [7, 11) is 0. The molecule has 2 aromatic heterocycles. The second-order valence-corrected chi connectivity index (χ2v) is 8.47. The average Bonchev–Trinajstić information content (AvgIpc) is 3.01. The third-order valence-corrected chi connectivity index (χ3v) is 6.01. The Hall–Kier alpha value is -2.67. The number of aromatic amines is 1. The van der Waals surface area contributed by atoms with Crippen molar-refractivity contribution in [2.24, 2.45) is 5.92 Å². The predicted octanol–water partition coefficient (Wildman–Crippen LogP) is 4.31. The smallest absolute Gasteiger partial charge is 0.344 e. The van der Waals surface area contributed by atoms with Gasteiger partial charge in [-0.3, -0.25) is 4.79 Å². The molecule has 0 spiro atoms. The van der Waals surface area contributed by atoms with Crippen LogP contribution in [0.2, 0.25) is 0 Å². The SMILES string of the molecule is CC[C@H](C)Cc1c(C)sc2nc(COC(=O)COc3ccccc3C)[nH]c(=O)c12.